The zero-order valence-electron chi connectivity index (χ0n) is 21.9. The van der Waals surface area contributed by atoms with Crippen molar-refractivity contribution in [2.75, 3.05) is 47.9 Å². The number of carbonyl (C=O) groups excluding carboxylic acids is 2. The molecule has 1 N–H and O–H groups in total. The molecule has 1 fully saturated rings. The normalized spacial score (nSPS) is 18.4. The number of nitrogens with zero attached hydrogens (tertiary/aromatic N) is 3. The summed E-state index contributed by atoms with van der Waals surface area (Å²) in [7, 11) is 7.42. The van der Waals surface area contributed by atoms with E-state index in [1.165, 1.54) is 0 Å². The van der Waals surface area contributed by atoms with Crippen LogP contribution in [-0.4, -0.2) is 80.2 Å². The van der Waals surface area contributed by atoms with Gasteiger partial charge in [-0.25, -0.2) is 0 Å². The predicted molar refractivity (Wildman–Crippen MR) is 135 cm³/mol. The first-order valence-electron chi connectivity index (χ1n) is 12.6. The van der Waals surface area contributed by atoms with Crippen molar-refractivity contribution in [2.24, 2.45) is 11.8 Å². The van der Waals surface area contributed by atoms with E-state index in [1.807, 2.05) is 18.7 Å². The average molecular weight is 477 g/mol. The largest absolute Gasteiger partial charge is 0.381 e. The second-order valence-corrected chi connectivity index (χ2v) is 10.3. The number of pyridine rings is 1. The third kappa shape index (κ3) is 8.24. The summed E-state index contributed by atoms with van der Waals surface area (Å²) < 4.78 is 7.55. The Morgan fingerprint density at radius 3 is 2.44 bits per heavy atom. The van der Waals surface area contributed by atoms with Crippen LogP contribution in [0.15, 0.2) is 17.2 Å². The van der Waals surface area contributed by atoms with Crippen molar-refractivity contribution >= 4 is 11.8 Å². The first-order chi connectivity index (χ1) is 16.1. The van der Waals surface area contributed by atoms with Gasteiger partial charge in [0.25, 0.3) is 11.8 Å². The van der Waals surface area contributed by atoms with Gasteiger partial charge in [0.15, 0.2) is 0 Å². The second-order valence-electron chi connectivity index (χ2n) is 10.3. The molecule has 2 unspecified atom stereocenters. The van der Waals surface area contributed by atoms with Gasteiger partial charge in [-0.3, -0.25) is 14.4 Å². The Balaban J connectivity index is 2.32. The van der Waals surface area contributed by atoms with E-state index in [9.17, 15) is 14.4 Å². The number of nitrogens with one attached hydrogen (secondary N) is 1. The van der Waals surface area contributed by atoms with E-state index in [4.69, 9.17) is 4.74 Å². The highest BCUT2D eigenvalue weighted by Gasteiger charge is 2.27. The number of amides is 2. The minimum Gasteiger partial charge on any atom is -0.381 e. The van der Waals surface area contributed by atoms with Gasteiger partial charge in [0, 0.05) is 52.1 Å². The standard InChI is InChI=1S/C26H44N4O4/c1-19(2)12-13-27-25(32)21-17-30(16-20-10-7-8-11-23(20)34-6)18-22(24(21)31)26(33)29(5)15-9-14-28(3)4/h17-20,23H,7-16H2,1-6H3,(H,27,32). The lowest BCUT2D eigenvalue weighted by Gasteiger charge is -2.31. The van der Waals surface area contributed by atoms with E-state index in [2.05, 4.69) is 24.1 Å². The summed E-state index contributed by atoms with van der Waals surface area (Å²) >= 11 is 0. The number of hydrogen-bond acceptors (Lipinski definition) is 5. The third-order valence-corrected chi connectivity index (χ3v) is 6.59. The van der Waals surface area contributed by atoms with E-state index in [1.54, 1.807) is 31.5 Å². The highest BCUT2D eigenvalue weighted by Crippen LogP contribution is 2.28. The summed E-state index contributed by atoms with van der Waals surface area (Å²) in [6.45, 7) is 6.65. The lowest BCUT2D eigenvalue weighted by Crippen LogP contribution is -2.38. The maximum Gasteiger partial charge on any atom is 0.259 e. The van der Waals surface area contributed by atoms with Gasteiger partial charge < -0.3 is 24.4 Å². The van der Waals surface area contributed by atoms with Crippen molar-refractivity contribution in [3.05, 3.63) is 33.7 Å². The van der Waals surface area contributed by atoms with Gasteiger partial charge in [-0.2, -0.15) is 0 Å². The maximum absolute atomic E-state index is 13.2. The first kappa shape index (κ1) is 28.1. The van der Waals surface area contributed by atoms with Crippen molar-refractivity contribution in [2.45, 2.75) is 65.0 Å². The molecule has 1 heterocycles. The Morgan fingerprint density at radius 1 is 1.12 bits per heavy atom. The van der Waals surface area contributed by atoms with Gasteiger partial charge in [0.1, 0.15) is 11.1 Å². The number of ether oxygens (including phenoxy) is 1. The number of hydrogen-bond donors (Lipinski definition) is 1. The quantitative estimate of drug-likeness (QED) is 0.502. The van der Waals surface area contributed by atoms with Crippen LogP contribution in [0.4, 0.5) is 0 Å². The van der Waals surface area contributed by atoms with Gasteiger partial charge >= 0.3 is 0 Å². The number of methoxy groups -OCH3 is 1. The summed E-state index contributed by atoms with van der Waals surface area (Å²) in [4.78, 5) is 43.0. The fraction of sp³-hybridized carbons (Fsp3) is 0.731. The molecule has 1 saturated carbocycles. The molecule has 2 atom stereocenters. The molecule has 0 bridgehead atoms. The second kappa shape index (κ2) is 13.6. The minimum absolute atomic E-state index is 0.0288. The van der Waals surface area contributed by atoms with Gasteiger partial charge in [0.2, 0.25) is 5.43 Å². The van der Waals surface area contributed by atoms with Crippen LogP contribution in [0.5, 0.6) is 0 Å². The molecule has 1 aliphatic rings. The Bertz CT molecular complexity index is 865. The van der Waals surface area contributed by atoms with E-state index >= 15 is 0 Å². The zero-order valence-corrected chi connectivity index (χ0v) is 21.9. The lowest BCUT2D eigenvalue weighted by molar-refractivity contribution is 0.0169. The summed E-state index contributed by atoms with van der Waals surface area (Å²) in [6, 6.07) is 0. The zero-order chi connectivity index (χ0) is 25.3. The van der Waals surface area contributed by atoms with Crippen LogP contribution in [0.1, 0.15) is 73.1 Å². The smallest absolute Gasteiger partial charge is 0.259 e. The SMILES string of the molecule is COC1CCCCC1Cn1cc(C(=O)NCCC(C)C)c(=O)c(C(=O)N(C)CCCN(C)C)c1. The van der Waals surface area contributed by atoms with Crippen LogP contribution in [0.2, 0.25) is 0 Å². The molecule has 2 amide bonds. The van der Waals surface area contributed by atoms with E-state index in [-0.39, 0.29) is 29.1 Å². The molecule has 8 nitrogen and oxygen atoms in total. The highest BCUT2D eigenvalue weighted by molar-refractivity contribution is 5.99. The number of aromatic nitrogens is 1. The minimum atomic E-state index is -0.505. The molecule has 0 aliphatic heterocycles. The van der Waals surface area contributed by atoms with Crippen molar-refractivity contribution in [3.63, 3.8) is 0 Å². The van der Waals surface area contributed by atoms with Crippen molar-refractivity contribution in [1.82, 2.24) is 19.7 Å². The van der Waals surface area contributed by atoms with Gasteiger partial charge in [-0.1, -0.05) is 26.7 Å². The molecule has 1 aromatic rings. The van der Waals surface area contributed by atoms with E-state index < -0.39 is 11.3 Å². The van der Waals surface area contributed by atoms with Crippen LogP contribution in [-0.2, 0) is 11.3 Å². The number of carbonyl (C=O) groups is 2. The molecular weight excluding hydrogens is 432 g/mol. The Kier molecular flexibility index (Phi) is 11.2. The van der Waals surface area contributed by atoms with E-state index in [0.717, 1.165) is 45.1 Å². The fourth-order valence-corrected chi connectivity index (χ4v) is 4.52. The van der Waals surface area contributed by atoms with Crippen LogP contribution < -0.4 is 10.7 Å². The van der Waals surface area contributed by atoms with Gasteiger partial charge in [-0.05, 0) is 52.2 Å². The molecule has 0 aromatic carbocycles. The Morgan fingerprint density at radius 2 is 1.79 bits per heavy atom. The van der Waals surface area contributed by atoms with Gasteiger partial charge in [-0.15, -0.1) is 0 Å². The summed E-state index contributed by atoms with van der Waals surface area (Å²) in [6.07, 6.45) is 9.30. The summed E-state index contributed by atoms with van der Waals surface area (Å²) in [5.74, 6) is -0.0469. The third-order valence-electron chi connectivity index (χ3n) is 6.59. The Labute approximate surface area is 204 Å². The molecular formula is C26H44N4O4. The van der Waals surface area contributed by atoms with Crippen molar-refractivity contribution in [1.29, 1.82) is 0 Å². The monoisotopic (exact) mass is 476 g/mol. The predicted octanol–water partition coefficient (Wildman–Crippen LogP) is 2.85. The Hall–Kier alpha value is -2.19. The molecule has 192 valence electrons. The van der Waals surface area contributed by atoms with Crippen LogP contribution in [0, 0.1) is 11.8 Å². The fourth-order valence-electron chi connectivity index (χ4n) is 4.52. The molecule has 8 heteroatoms. The van der Waals surface area contributed by atoms with Crippen molar-refractivity contribution < 1.29 is 14.3 Å². The molecule has 2 rings (SSSR count). The van der Waals surface area contributed by atoms with Crippen LogP contribution in [0.3, 0.4) is 0 Å². The van der Waals surface area contributed by atoms with E-state index in [0.29, 0.717) is 25.6 Å². The maximum atomic E-state index is 13.2. The summed E-state index contributed by atoms with van der Waals surface area (Å²) in [5.41, 5.74) is -0.426. The van der Waals surface area contributed by atoms with Crippen LogP contribution in [0.25, 0.3) is 0 Å². The average Bonchev–Trinajstić information content (AvgIpc) is 2.79. The topological polar surface area (TPSA) is 83.9 Å². The lowest BCUT2D eigenvalue weighted by atomic mass is 9.86. The molecule has 1 aliphatic carbocycles. The number of rotatable bonds is 12. The highest BCUT2D eigenvalue weighted by atomic mass is 16.5. The molecule has 34 heavy (non-hydrogen) atoms. The first-order valence-corrected chi connectivity index (χ1v) is 12.6. The molecule has 0 radical (unpaired) electrons. The molecule has 1 aromatic heterocycles. The molecule has 0 saturated heterocycles. The molecule has 0 spiro atoms. The summed E-state index contributed by atoms with van der Waals surface area (Å²) in [5, 5.41) is 2.86. The van der Waals surface area contributed by atoms with Crippen LogP contribution >= 0.6 is 0 Å². The van der Waals surface area contributed by atoms with Crippen molar-refractivity contribution in [3.8, 4) is 0 Å². The van der Waals surface area contributed by atoms with Gasteiger partial charge in [0.05, 0.1) is 6.10 Å².